The molecular formula is C16H21N5O2S. The van der Waals surface area contributed by atoms with E-state index in [-0.39, 0.29) is 11.9 Å². The molecule has 0 spiro atoms. The number of rotatable bonds is 4. The Balaban J connectivity index is 1.41. The van der Waals surface area contributed by atoms with E-state index in [1.165, 1.54) is 11.3 Å². The Hall–Kier alpha value is -2.35. The second-order valence-electron chi connectivity index (χ2n) is 5.80. The SMILES string of the molecule is Cn1cc(CCNC(=O)N2CCN(C(=O)c3ccsc3)CC2)cn1. The summed E-state index contributed by atoms with van der Waals surface area (Å²) in [4.78, 5) is 28.0. The van der Waals surface area contributed by atoms with Crippen molar-refractivity contribution in [2.24, 2.45) is 7.05 Å². The van der Waals surface area contributed by atoms with E-state index in [2.05, 4.69) is 10.4 Å². The van der Waals surface area contributed by atoms with Gasteiger partial charge in [-0.05, 0) is 23.4 Å². The van der Waals surface area contributed by atoms with Crippen LogP contribution in [-0.4, -0.2) is 64.2 Å². The van der Waals surface area contributed by atoms with Gasteiger partial charge in [-0.1, -0.05) is 0 Å². The van der Waals surface area contributed by atoms with E-state index < -0.39 is 0 Å². The maximum Gasteiger partial charge on any atom is 0.317 e. The first-order valence-electron chi connectivity index (χ1n) is 7.95. The number of amides is 3. The highest BCUT2D eigenvalue weighted by molar-refractivity contribution is 7.08. The van der Waals surface area contributed by atoms with Gasteiger partial charge in [0.05, 0.1) is 11.8 Å². The second kappa shape index (κ2) is 7.48. The molecule has 3 rings (SSSR count). The molecule has 0 radical (unpaired) electrons. The van der Waals surface area contributed by atoms with Crippen molar-refractivity contribution in [3.63, 3.8) is 0 Å². The van der Waals surface area contributed by atoms with Crippen LogP contribution in [0.2, 0.25) is 0 Å². The topological polar surface area (TPSA) is 70.5 Å². The Bertz CT molecular complexity index is 689. The number of piperazine rings is 1. The van der Waals surface area contributed by atoms with Gasteiger partial charge in [0.1, 0.15) is 0 Å². The fraction of sp³-hybridized carbons (Fsp3) is 0.438. The van der Waals surface area contributed by atoms with Crippen molar-refractivity contribution in [3.8, 4) is 0 Å². The first-order valence-corrected chi connectivity index (χ1v) is 8.89. The van der Waals surface area contributed by atoms with Crippen LogP contribution in [0.25, 0.3) is 0 Å². The Morgan fingerprint density at radius 2 is 2.00 bits per heavy atom. The highest BCUT2D eigenvalue weighted by atomic mass is 32.1. The Kier molecular flexibility index (Phi) is 5.14. The van der Waals surface area contributed by atoms with Crippen molar-refractivity contribution in [1.82, 2.24) is 24.9 Å². The molecule has 3 amide bonds. The number of nitrogens with one attached hydrogen (secondary N) is 1. The number of urea groups is 1. The van der Waals surface area contributed by atoms with Gasteiger partial charge < -0.3 is 15.1 Å². The van der Waals surface area contributed by atoms with Crippen LogP contribution in [0, 0.1) is 0 Å². The van der Waals surface area contributed by atoms with Crippen molar-refractivity contribution in [1.29, 1.82) is 0 Å². The molecule has 8 heteroatoms. The Labute approximate surface area is 144 Å². The van der Waals surface area contributed by atoms with Crippen LogP contribution < -0.4 is 5.32 Å². The number of hydrogen-bond donors (Lipinski definition) is 1. The number of aryl methyl sites for hydroxylation is 1. The summed E-state index contributed by atoms with van der Waals surface area (Å²) < 4.78 is 1.75. The zero-order valence-electron chi connectivity index (χ0n) is 13.6. The van der Waals surface area contributed by atoms with Crippen molar-refractivity contribution in [2.45, 2.75) is 6.42 Å². The predicted molar refractivity (Wildman–Crippen MR) is 92.1 cm³/mol. The minimum atomic E-state index is -0.0680. The summed E-state index contributed by atoms with van der Waals surface area (Å²) in [6.07, 6.45) is 4.51. The molecule has 1 saturated heterocycles. The van der Waals surface area contributed by atoms with Crippen molar-refractivity contribution < 1.29 is 9.59 Å². The summed E-state index contributed by atoms with van der Waals surface area (Å²) in [6, 6.07) is 1.77. The van der Waals surface area contributed by atoms with Crippen LogP contribution >= 0.6 is 11.3 Å². The number of carbonyl (C=O) groups is 2. The molecule has 7 nitrogen and oxygen atoms in total. The maximum atomic E-state index is 12.3. The van der Waals surface area contributed by atoms with E-state index in [1.54, 1.807) is 15.8 Å². The average molecular weight is 347 g/mol. The van der Waals surface area contributed by atoms with Gasteiger partial charge in [0.2, 0.25) is 0 Å². The molecule has 1 aliphatic heterocycles. The van der Waals surface area contributed by atoms with Gasteiger partial charge >= 0.3 is 6.03 Å². The minimum Gasteiger partial charge on any atom is -0.338 e. The average Bonchev–Trinajstić information content (AvgIpc) is 3.26. The second-order valence-corrected chi connectivity index (χ2v) is 6.58. The van der Waals surface area contributed by atoms with Crippen LogP contribution in [-0.2, 0) is 13.5 Å². The van der Waals surface area contributed by atoms with Crippen molar-refractivity contribution in [2.75, 3.05) is 32.7 Å². The number of nitrogens with zero attached hydrogens (tertiary/aromatic N) is 4. The van der Waals surface area contributed by atoms with Crippen LogP contribution in [0.1, 0.15) is 15.9 Å². The molecule has 0 aliphatic carbocycles. The lowest BCUT2D eigenvalue weighted by atomic mass is 10.2. The van der Waals surface area contributed by atoms with Gasteiger partial charge in [0, 0.05) is 51.3 Å². The van der Waals surface area contributed by atoms with Crippen LogP contribution in [0.4, 0.5) is 4.79 Å². The highest BCUT2D eigenvalue weighted by Crippen LogP contribution is 2.12. The number of aromatic nitrogens is 2. The lowest BCUT2D eigenvalue weighted by Gasteiger charge is -2.34. The van der Waals surface area contributed by atoms with E-state index in [0.717, 1.165) is 17.5 Å². The quantitative estimate of drug-likeness (QED) is 0.903. The molecular weight excluding hydrogens is 326 g/mol. The van der Waals surface area contributed by atoms with Gasteiger partial charge in [-0.15, -0.1) is 0 Å². The molecule has 128 valence electrons. The smallest absolute Gasteiger partial charge is 0.317 e. The zero-order valence-corrected chi connectivity index (χ0v) is 14.5. The Morgan fingerprint density at radius 3 is 2.62 bits per heavy atom. The largest absolute Gasteiger partial charge is 0.338 e. The molecule has 0 saturated carbocycles. The fourth-order valence-electron chi connectivity index (χ4n) is 2.71. The zero-order chi connectivity index (χ0) is 16.9. The molecule has 0 bridgehead atoms. The van der Waals surface area contributed by atoms with Gasteiger partial charge in [-0.2, -0.15) is 16.4 Å². The molecule has 3 heterocycles. The summed E-state index contributed by atoms with van der Waals surface area (Å²) in [5, 5.41) is 10.8. The third-order valence-corrected chi connectivity index (χ3v) is 4.75. The van der Waals surface area contributed by atoms with Gasteiger partial charge in [0.25, 0.3) is 5.91 Å². The normalized spacial score (nSPS) is 14.7. The number of carbonyl (C=O) groups excluding carboxylic acids is 2. The Morgan fingerprint density at radius 1 is 1.25 bits per heavy atom. The van der Waals surface area contributed by atoms with Crippen LogP contribution in [0.15, 0.2) is 29.2 Å². The van der Waals surface area contributed by atoms with E-state index in [0.29, 0.717) is 32.7 Å². The summed E-state index contributed by atoms with van der Waals surface area (Å²) in [6.45, 7) is 2.86. The fourth-order valence-corrected chi connectivity index (χ4v) is 3.34. The summed E-state index contributed by atoms with van der Waals surface area (Å²) in [5.41, 5.74) is 1.83. The number of thiophene rings is 1. The summed E-state index contributed by atoms with van der Waals surface area (Å²) in [5.74, 6) is 0.0490. The van der Waals surface area contributed by atoms with E-state index in [9.17, 15) is 9.59 Å². The number of hydrogen-bond acceptors (Lipinski definition) is 4. The van der Waals surface area contributed by atoms with E-state index >= 15 is 0 Å². The first kappa shape index (κ1) is 16.5. The molecule has 2 aromatic rings. The van der Waals surface area contributed by atoms with E-state index in [1.807, 2.05) is 35.0 Å². The van der Waals surface area contributed by atoms with Crippen molar-refractivity contribution in [3.05, 3.63) is 40.3 Å². The molecule has 1 N–H and O–H groups in total. The molecule has 2 aromatic heterocycles. The minimum absolute atomic E-state index is 0.0490. The lowest BCUT2D eigenvalue weighted by molar-refractivity contribution is 0.0665. The molecule has 1 aliphatic rings. The third kappa shape index (κ3) is 3.94. The van der Waals surface area contributed by atoms with Crippen LogP contribution in [0.3, 0.4) is 0 Å². The molecule has 0 unspecified atom stereocenters. The van der Waals surface area contributed by atoms with Gasteiger partial charge in [-0.3, -0.25) is 9.48 Å². The first-order chi connectivity index (χ1) is 11.6. The molecule has 0 aromatic carbocycles. The van der Waals surface area contributed by atoms with Crippen molar-refractivity contribution >= 4 is 23.3 Å². The highest BCUT2D eigenvalue weighted by Gasteiger charge is 2.24. The summed E-state index contributed by atoms with van der Waals surface area (Å²) in [7, 11) is 1.87. The van der Waals surface area contributed by atoms with Gasteiger partial charge in [0.15, 0.2) is 0 Å². The third-order valence-electron chi connectivity index (χ3n) is 4.07. The predicted octanol–water partition coefficient (Wildman–Crippen LogP) is 1.19. The maximum absolute atomic E-state index is 12.3. The monoisotopic (exact) mass is 347 g/mol. The van der Waals surface area contributed by atoms with Crippen LogP contribution in [0.5, 0.6) is 0 Å². The van der Waals surface area contributed by atoms with Gasteiger partial charge in [-0.25, -0.2) is 4.79 Å². The lowest BCUT2D eigenvalue weighted by Crippen LogP contribution is -2.53. The molecule has 0 atom stereocenters. The standard InChI is InChI=1S/C16H21N5O2S/c1-19-11-13(10-18-19)2-4-17-16(23)21-7-5-20(6-8-21)15(22)14-3-9-24-12-14/h3,9-12H,2,4-8H2,1H3,(H,17,23). The summed E-state index contributed by atoms with van der Waals surface area (Å²) >= 11 is 1.52. The van der Waals surface area contributed by atoms with E-state index in [4.69, 9.17) is 0 Å². The molecule has 1 fully saturated rings. The molecule has 24 heavy (non-hydrogen) atoms.